The lowest BCUT2D eigenvalue weighted by Gasteiger charge is -2.13. The van der Waals surface area contributed by atoms with E-state index in [1.807, 2.05) is 36.0 Å². The second kappa shape index (κ2) is 7.51. The Labute approximate surface area is 140 Å². The maximum absolute atomic E-state index is 12.5. The van der Waals surface area contributed by atoms with Crippen LogP contribution >= 0.6 is 11.8 Å². The van der Waals surface area contributed by atoms with E-state index in [0.29, 0.717) is 11.4 Å². The van der Waals surface area contributed by atoms with Crippen molar-refractivity contribution in [2.45, 2.75) is 25.9 Å². The Hall–Kier alpha value is -2.01. The van der Waals surface area contributed by atoms with Gasteiger partial charge in [-0.1, -0.05) is 25.1 Å². The van der Waals surface area contributed by atoms with E-state index >= 15 is 0 Å². The number of benzene rings is 1. The standard InChI is InChI=1S/C18H20N2O2S/c1-2-13-5-3-4-6-16(13)20-18(21)14-7-9-19-17(11-14)22-15-8-10-23-12-15/h3-7,9,11,15H,2,8,10,12H2,1H3,(H,20,21). The van der Waals surface area contributed by atoms with Crippen molar-refractivity contribution in [3.63, 3.8) is 0 Å². The van der Waals surface area contributed by atoms with Gasteiger partial charge in [-0.3, -0.25) is 4.79 Å². The van der Waals surface area contributed by atoms with Crippen molar-refractivity contribution in [1.29, 1.82) is 0 Å². The molecule has 2 heterocycles. The quantitative estimate of drug-likeness (QED) is 0.907. The topological polar surface area (TPSA) is 51.2 Å². The Morgan fingerprint density at radius 2 is 2.26 bits per heavy atom. The number of hydrogen-bond acceptors (Lipinski definition) is 4. The normalized spacial score (nSPS) is 17.0. The summed E-state index contributed by atoms with van der Waals surface area (Å²) in [6.07, 6.45) is 3.73. The number of anilines is 1. The number of ether oxygens (including phenoxy) is 1. The number of aryl methyl sites for hydroxylation is 1. The first-order chi connectivity index (χ1) is 11.3. The van der Waals surface area contributed by atoms with E-state index in [-0.39, 0.29) is 12.0 Å². The zero-order valence-corrected chi connectivity index (χ0v) is 13.9. The molecule has 3 rings (SSSR count). The van der Waals surface area contributed by atoms with Gasteiger partial charge in [-0.05, 0) is 36.3 Å². The average Bonchev–Trinajstić information content (AvgIpc) is 3.08. The van der Waals surface area contributed by atoms with Crippen molar-refractivity contribution >= 4 is 23.4 Å². The third-order valence-corrected chi connectivity index (χ3v) is 4.95. The fourth-order valence-corrected chi connectivity index (χ4v) is 3.63. The van der Waals surface area contributed by atoms with Crippen molar-refractivity contribution in [1.82, 2.24) is 4.98 Å². The molecule has 23 heavy (non-hydrogen) atoms. The molecule has 1 unspecified atom stereocenters. The first-order valence-electron chi connectivity index (χ1n) is 7.86. The maximum Gasteiger partial charge on any atom is 0.255 e. The van der Waals surface area contributed by atoms with Crippen LogP contribution in [0.1, 0.15) is 29.3 Å². The van der Waals surface area contributed by atoms with Gasteiger partial charge in [-0.15, -0.1) is 0 Å². The Morgan fingerprint density at radius 1 is 1.39 bits per heavy atom. The van der Waals surface area contributed by atoms with E-state index in [9.17, 15) is 4.79 Å². The summed E-state index contributed by atoms with van der Waals surface area (Å²) in [5, 5.41) is 2.97. The molecular formula is C18H20N2O2S. The molecule has 1 aromatic carbocycles. The lowest BCUT2D eigenvalue weighted by Crippen LogP contribution is -2.17. The highest BCUT2D eigenvalue weighted by molar-refractivity contribution is 7.99. The number of pyridine rings is 1. The van der Waals surface area contributed by atoms with Gasteiger partial charge in [0.1, 0.15) is 6.10 Å². The number of nitrogens with one attached hydrogen (secondary N) is 1. The van der Waals surface area contributed by atoms with Gasteiger partial charge in [0.05, 0.1) is 0 Å². The first kappa shape index (κ1) is 15.9. The SMILES string of the molecule is CCc1ccccc1NC(=O)c1ccnc(OC2CCSC2)c1. The second-order valence-electron chi connectivity index (χ2n) is 5.45. The summed E-state index contributed by atoms with van der Waals surface area (Å²) in [7, 11) is 0. The zero-order chi connectivity index (χ0) is 16.1. The zero-order valence-electron chi connectivity index (χ0n) is 13.1. The fourth-order valence-electron chi connectivity index (χ4n) is 2.54. The van der Waals surface area contributed by atoms with Gasteiger partial charge >= 0.3 is 0 Å². The highest BCUT2D eigenvalue weighted by Crippen LogP contribution is 2.23. The molecule has 1 aliphatic heterocycles. The number of carbonyl (C=O) groups is 1. The van der Waals surface area contributed by atoms with E-state index in [1.165, 1.54) is 0 Å². The smallest absolute Gasteiger partial charge is 0.255 e. The maximum atomic E-state index is 12.5. The summed E-state index contributed by atoms with van der Waals surface area (Å²) in [5.74, 6) is 2.49. The molecule has 1 N–H and O–H groups in total. The van der Waals surface area contributed by atoms with Gasteiger partial charge in [0.15, 0.2) is 0 Å². The minimum Gasteiger partial charge on any atom is -0.473 e. The van der Waals surface area contributed by atoms with Crippen LogP contribution < -0.4 is 10.1 Å². The highest BCUT2D eigenvalue weighted by atomic mass is 32.2. The molecule has 1 fully saturated rings. The van der Waals surface area contributed by atoms with Gasteiger partial charge in [-0.25, -0.2) is 4.98 Å². The van der Waals surface area contributed by atoms with Crippen LogP contribution in [0, 0.1) is 0 Å². The number of nitrogens with zero attached hydrogens (tertiary/aromatic N) is 1. The molecule has 0 aliphatic carbocycles. The molecule has 0 saturated carbocycles. The van der Waals surface area contributed by atoms with Gasteiger partial charge in [0.25, 0.3) is 5.91 Å². The van der Waals surface area contributed by atoms with Crippen LogP contribution in [0.25, 0.3) is 0 Å². The molecule has 4 nitrogen and oxygen atoms in total. The van der Waals surface area contributed by atoms with E-state index in [4.69, 9.17) is 4.74 Å². The number of carbonyl (C=O) groups excluding carboxylic acids is 1. The van der Waals surface area contributed by atoms with Crippen molar-refractivity contribution in [2.75, 3.05) is 16.8 Å². The molecule has 1 amide bonds. The van der Waals surface area contributed by atoms with E-state index in [0.717, 1.165) is 35.6 Å². The Morgan fingerprint density at radius 3 is 3.04 bits per heavy atom. The first-order valence-corrected chi connectivity index (χ1v) is 9.01. The molecule has 1 aromatic heterocycles. The molecule has 2 aromatic rings. The lowest BCUT2D eigenvalue weighted by molar-refractivity contribution is 0.102. The third-order valence-electron chi connectivity index (χ3n) is 3.82. The Kier molecular flexibility index (Phi) is 5.18. The summed E-state index contributed by atoms with van der Waals surface area (Å²) in [5.41, 5.74) is 2.53. The minimum atomic E-state index is -0.140. The second-order valence-corrected chi connectivity index (χ2v) is 6.60. The van der Waals surface area contributed by atoms with Crippen LogP contribution in [0.15, 0.2) is 42.6 Å². The lowest BCUT2D eigenvalue weighted by atomic mass is 10.1. The van der Waals surface area contributed by atoms with Crippen molar-refractivity contribution in [3.05, 3.63) is 53.7 Å². The van der Waals surface area contributed by atoms with Crippen LogP contribution in [0.3, 0.4) is 0 Å². The number of amides is 1. The third kappa shape index (κ3) is 4.05. The Balaban J connectivity index is 1.71. The Bertz CT molecular complexity index is 684. The van der Waals surface area contributed by atoms with Gasteiger partial charge in [-0.2, -0.15) is 11.8 Å². The molecule has 1 aliphatic rings. The van der Waals surface area contributed by atoms with E-state index in [1.54, 1.807) is 18.3 Å². The molecule has 1 saturated heterocycles. The van der Waals surface area contributed by atoms with Crippen molar-refractivity contribution in [3.8, 4) is 5.88 Å². The van der Waals surface area contributed by atoms with E-state index < -0.39 is 0 Å². The van der Waals surface area contributed by atoms with Gasteiger partial charge in [0, 0.05) is 29.3 Å². The number of para-hydroxylation sites is 1. The largest absolute Gasteiger partial charge is 0.473 e. The van der Waals surface area contributed by atoms with Crippen molar-refractivity contribution < 1.29 is 9.53 Å². The number of thioether (sulfide) groups is 1. The minimum absolute atomic E-state index is 0.140. The van der Waals surface area contributed by atoms with Crippen LogP contribution in [-0.4, -0.2) is 28.5 Å². The predicted molar refractivity (Wildman–Crippen MR) is 94.4 cm³/mol. The van der Waals surface area contributed by atoms with Crippen LogP contribution in [0.4, 0.5) is 5.69 Å². The summed E-state index contributed by atoms with van der Waals surface area (Å²) < 4.78 is 5.85. The molecule has 120 valence electrons. The summed E-state index contributed by atoms with van der Waals surface area (Å²) in [4.78, 5) is 16.7. The molecule has 1 atom stereocenters. The highest BCUT2D eigenvalue weighted by Gasteiger charge is 2.18. The number of rotatable bonds is 5. The fraction of sp³-hybridized carbons (Fsp3) is 0.333. The number of hydrogen-bond donors (Lipinski definition) is 1. The molecule has 0 bridgehead atoms. The number of aromatic nitrogens is 1. The average molecular weight is 328 g/mol. The summed E-state index contributed by atoms with van der Waals surface area (Å²) in [6, 6.07) is 11.3. The van der Waals surface area contributed by atoms with Crippen LogP contribution in [0.2, 0.25) is 0 Å². The van der Waals surface area contributed by atoms with Gasteiger partial charge in [0.2, 0.25) is 5.88 Å². The summed E-state index contributed by atoms with van der Waals surface area (Å²) in [6.45, 7) is 2.07. The van der Waals surface area contributed by atoms with Crippen LogP contribution in [-0.2, 0) is 6.42 Å². The van der Waals surface area contributed by atoms with Gasteiger partial charge < -0.3 is 10.1 Å². The molecule has 5 heteroatoms. The van der Waals surface area contributed by atoms with Crippen molar-refractivity contribution in [2.24, 2.45) is 0 Å². The summed E-state index contributed by atoms with van der Waals surface area (Å²) >= 11 is 1.89. The monoisotopic (exact) mass is 328 g/mol. The molecule has 0 spiro atoms. The van der Waals surface area contributed by atoms with E-state index in [2.05, 4.69) is 17.2 Å². The predicted octanol–water partition coefficient (Wildman–Crippen LogP) is 3.78. The van der Waals surface area contributed by atoms with Crippen LogP contribution in [0.5, 0.6) is 5.88 Å². The molecular weight excluding hydrogens is 308 g/mol. The molecule has 0 radical (unpaired) electrons.